The second-order valence-corrected chi connectivity index (χ2v) is 5.49. The molecule has 0 aliphatic heterocycles. The average molecular weight is 267 g/mol. The summed E-state index contributed by atoms with van der Waals surface area (Å²) in [4.78, 5) is 0. The summed E-state index contributed by atoms with van der Waals surface area (Å²) in [6.07, 6.45) is 1.17. The number of hydrogen-bond acceptors (Lipinski definition) is 1. The van der Waals surface area contributed by atoms with Gasteiger partial charge in [0.2, 0.25) is 0 Å². The van der Waals surface area contributed by atoms with Gasteiger partial charge in [-0.05, 0) is 43.5 Å². The normalized spacial score (nSPS) is 13.9. The van der Waals surface area contributed by atoms with E-state index in [1.54, 1.807) is 0 Å². The summed E-state index contributed by atoms with van der Waals surface area (Å²) in [5.41, 5.74) is 4.18. The molecule has 0 fully saturated rings. The largest absolute Gasteiger partial charge is 0.313 e. The zero-order valence-electron chi connectivity index (χ0n) is 12.8. The molecule has 0 heterocycles. The Morgan fingerprint density at radius 2 is 1.60 bits per heavy atom. The molecule has 0 saturated carbocycles. The van der Waals surface area contributed by atoms with Crippen LogP contribution in [0.4, 0.5) is 0 Å². The number of rotatable bonds is 6. The molecule has 0 aliphatic carbocycles. The molecule has 2 aromatic carbocycles. The Morgan fingerprint density at radius 3 is 2.25 bits per heavy atom. The molecule has 0 bridgehead atoms. The van der Waals surface area contributed by atoms with Gasteiger partial charge in [0.1, 0.15) is 0 Å². The maximum absolute atomic E-state index is 3.66. The number of nitrogens with one attached hydrogen (secondary N) is 1. The number of aryl methyl sites for hydroxylation is 1. The van der Waals surface area contributed by atoms with E-state index in [0.29, 0.717) is 12.0 Å². The Kier molecular flexibility index (Phi) is 5.37. The van der Waals surface area contributed by atoms with Crippen LogP contribution in [-0.2, 0) is 0 Å². The van der Waals surface area contributed by atoms with Crippen molar-refractivity contribution in [3.63, 3.8) is 0 Å². The Morgan fingerprint density at radius 1 is 0.950 bits per heavy atom. The fraction of sp³-hybridized carbons (Fsp3) is 0.368. The molecular weight excluding hydrogens is 242 g/mol. The molecule has 0 amide bonds. The minimum absolute atomic E-state index is 0.406. The fourth-order valence-electron chi connectivity index (χ4n) is 2.82. The molecule has 0 aromatic heterocycles. The Labute approximate surface area is 123 Å². The zero-order chi connectivity index (χ0) is 14.4. The lowest BCUT2D eigenvalue weighted by Gasteiger charge is -2.27. The minimum atomic E-state index is 0.406. The van der Waals surface area contributed by atoms with Crippen LogP contribution in [0.5, 0.6) is 0 Å². The molecule has 0 saturated heterocycles. The molecule has 0 radical (unpaired) electrons. The zero-order valence-corrected chi connectivity index (χ0v) is 12.8. The third kappa shape index (κ3) is 3.49. The SMILES string of the molecule is CCCNC(C)C(c1ccccc1)c1ccccc1C. The van der Waals surface area contributed by atoms with Gasteiger partial charge in [-0.2, -0.15) is 0 Å². The summed E-state index contributed by atoms with van der Waals surface area (Å²) in [5.74, 6) is 0.406. The van der Waals surface area contributed by atoms with Crippen molar-refractivity contribution in [2.24, 2.45) is 0 Å². The third-order valence-corrected chi connectivity index (χ3v) is 3.90. The van der Waals surface area contributed by atoms with Crippen LogP contribution in [0.3, 0.4) is 0 Å². The molecule has 0 aliphatic rings. The molecule has 2 atom stereocenters. The highest BCUT2D eigenvalue weighted by molar-refractivity contribution is 5.38. The van der Waals surface area contributed by atoms with Crippen molar-refractivity contribution in [3.05, 3.63) is 71.3 Å². The summed E-state index contributed by atoms with van der Waals surface area (Å²) < 4.78 is 0. The first kappa shape index (κ1) is 14.8. The van der Waals surface area contributed by atoms with Crippen LogP contribution >= 0.6 is 0 Å². The topological polar surface area (TPSA) is 12.0 Å². The fourth-order valence-corrected chi connectivity index (χ4v) is 2.82. The lowest BCUT2D eigenvalue weighted by molar-refractivity contribution is 0.498. The summed E-state index contributed by atoms with van der Waals surface area (Å²) in [5, 5.41) is 3.66. The molecule has 1 N–H and O–H groups in total. The van der Waals surface area contributed by atoms with Gasteiger partial charge in [0, 0.05) is 12.0 Å². The predicted molar refractivity (Wildman–Crippen MR) is 87.2 cm³/mol. The predicted octanol–water partition coefficient (Wildman–Crippen LogP) is 4.52. The average Bonchev–Trinajstić information content (AvgIpc) is 2.48. The van der Waals surface area contributed by atoms with Crippen molar-refractivity contribution in [1.82, 2.24) is 5.32 Å². The summed E-state index contributed by atoms with van der Waals surface area (Å²) in [6, 6.07) is 20.0. The maximum atomic E-state index is 3.66. The lowest BCUT2D eigenvalue weighted by Crippen LogP contribution is -2.33. The first-order valence-electron chi connectivity index (χ1n) is 7.58. The second kappa shape index (κ2) is 7.25. The highest BCUT2D eigenvalue weighted by atomic mass is 14.9. The van der Waals surface area contributed by atoms with Gasteiger partial charge in [-0.15, -0.1) is 0 Å². The van der Waals surface area contributed by atoms with Crippen LogP contribution in [-0.4, -0.2) is 12.6 Å². The van der Waals surface area contributed by atoms with E-state index in [9.17, 15) is 0 Å². The Bertz CT molecular complexity index is 518. The third-order valence-electron chi connectivity index (χ3n) is 3.90. The molecular formula is C19H25N. The Balaban J connectivity index is 2.37. The van der Waals surface area contributed by atoms with Gasteiger partial charge in [0.25, 0.3) is 0 Å². The van der Waals surface area contributed by atoms with Crippen LogP contribution < -0.4 is 5.32 Å². The van der Waals surface area contributed by atoms with E-state index in [1.165, 1.54) is 23.1 Å². The molecule has 106 valence electrons. The van der Waals surface area contributed by atoms with E-state index in [4.69, 9.17) is 0 Å². The highest BCUT2D eigenvalue weighted by Gasteiger charge is 2.21. The van der Waals surface area contributed by atoms with Crippen molar-refractivity contribution in [1.29, 1.82) is 0 Å². The molecule has 2 unspecified atom stereocenters. The standard InChI is InChI=1S/C19H25N/c1-4-14-20-16(3)19(17-11-6-5-7-12-17)18-13-9-8-10-15(18)2/h5-13,16,19-20H,4,14H2,1-3H3. The summed E-state index contributed by atoms with van der Waals surface area (Å²) in [7, 11) is 0. The summed E-state index contributed by atoms with van der Waals surface area (Å²) >= 11 is 0. The van der Waals surface area contributed by atoms with Gasteiger partial charge in [-0.25, -0.2) is 0 Å². The second-order valence-electron chi connectivity index (χ2n) is 5.49. The van der Waals surface area contributed by atoms with Gasteiger partial charge in [-0.1, -0.05) is 61.5 Å². The minimum Gasteiger partial charge on any atom is -0.313 e. The van der Waals surface area contributed by atoms with Crippen molar-refractivity contribution in [3.8, 4) is 0 Å². The molecule has 0 spiro atoms. The Hall–Kier alpha value is -1.60. The van der Waals surface area contributed by atoms with Crippen LogP contribution in [0.15, 0.2) is 54.6 Å². The van der Waals surface area contributed by atoms with Gasteiger partial charge < -0.3 is 5.32 Å². The van der Waals surface area contributed by atoms with Crippen LogP contribution in [0, 0.1) is 6.92 Å². The van der Waals surface area contributed by atoms with E-state index >= 15 is 0 Å². The molecule has 20 heavy (non-hydrogen) atoms. The van der Waals surface area contributed by atoms with E-state index in [2.05, 4.69) is 80.7 Å². The van der Waals surface area contributed by atoms with Crippen molar-refractivity contribution in [2.75, 3.05) is 6.54 Å². The number of hydrogen-bond donors (Lipinski definition) is 1. The van der Waals surface area contributed by atoms with Gasteiger partial charge in [-0.3, -0.25) is 0 Å². The van der Waals surface area contributed by atoms with Crippen molar-refractivity contribution < 1.29 is 0 Å². The van der Waals surface area contributed by atoms with Crippen LogP contribution in [0.25, 0.3) is 0 Å². The van der Waals surface area contributed by atoms with E-state index in [-0.39, 0.29) is 0 Å². The van der Waals surface area contributed by atoms with Crippen molar-refractivity contribution in [2.45, 2.75) is 39.2 Å². The van der Waals surface area contributed by atoms with Crippen molar-refractivity contribution >= 4 is 0 Å². The van der Waals surface area contributed by atoms with Crippen LogP contribution in [0.2, 0.25) is 0 Å². The quantitative estimate of drug-likeness (QED) is 0.811. The molecule has 1 nitrogen and oxygen atoms in total. The van der Waals surface area contributed by atoms with Crippen LogP contribution in [0.1, 0.15) is 42.9 Å². The number of benzene rings is 2. The smallest absolute Gasteiger partial charge is 0.0243 e. The molecule has 2 rings (SSSR count). The highest BCUT2D eigenvalue weighted by Crippen LogP contribution is 2.30. The lowest BCUT2D eigenvalue weighted by atomic mass is 9.83. The first-order valence-corrected chi connectivity index (χ1v) is 7.58. The monoisotopic (exact) mass is 267 g/mol. The summed E-state index contributed by atoms with van der Waals surface area (Å²) in [6.45, 7) is 7.78. The first-order chi connectivity index (χ1) is 9.74. The van der Waals surface area contributed by atoms with Gasteiger partial charge in [0.15, 0.2) is 0 Å². The van der Waals surface area contributed by atoms with E-state index in [0.717, 1.165) is 6.54 Å². The van der Waals surface area contributed by atoms with Gasteiger partial charge >= 0.3 is 0 Å². The molecule has 2 aromatic rings. The maximum Gasteiger partial charge on any atom is 0.0243 e. The van der Waals surface area contributed by atoms with Gasteiger partial charge in [0.05, 0.1) is 0 Å². The van der Waals surface area contributed by atoms with E-state index < -0.39 is 0 Å². The van der Waals surface area contributed by atoms with E-state index in [1.807, 2.05) is 0 Å². The molecule has 1 heteroatoms.